The molecule has 204 valence electrons. The molecule has 37 heavy (non-hydrogen) atoms. The van der Waals surface area contributed by atoms with Crippen LogP contribution < -0.4 is 9.62 Å². The molecule has 0 fully saturated rings. The summed E-state index contributed by atoms with van der Waals surface area (Å²) in [5.41, 5.74) is -5.26. The Hall–Kier alpha value is -2.81. The molecule has 0 bridgehead atoms. The van der Waals surface area contributed by atoms with Gasteiger partial charge in [0.05, 0.1) is 5.69 Å². The first kappa shape index (κ1) is 28.8. The summed E-state index contributed by atoms with van der Waals surface area (Å²) in [6.07, 6.45) is 4.39. The van der Waals surface area contributed by atoms with Crippen molar-refractivity contribution in [2.24, 2.45) is 10.2 Å². The Morgan fingerprint density at radius 1 is 1.19 bits per heavy atom. The highest BCUT2D eigenvalue weighted by atomic mass is 32.2. The largest absolute Gasteiger partial charge is 0.516 e. The lowest BCUT2D eigenvalue weighted by atomic mass is 9.99. The molecule has 0 radical (unpaired) electrons. The first-order valence-electron chi connectivity index (χ1n) is 11.7. The van der Waals surface area contributed by atoms with Crippen LogP contribution in [0.4, 0.5) is 35.4 Å². The molecule has 15 heteroatoms. The quantitative estimate of drug-likeness (QED) is 0.222. The molecule has 0 amide bonds. The fourth-order valence-electron chi connectivity index (χ4n) is 3.60. The minimum Gasteiger partial charge on any atom is -0.455 e. The SMILES string of the molecule is CCCCCN1CCCc2cc(N=Nc3nnc(C(=O)OC(C)(C)C)s3)c(NS(=O)(=O)C(F)(F)F)cc21. The molecule has 0 aliphatic carbocycles. The molecule has 1 N–H and O–H groups in total. The Balaban J connectivity index is 1.96. The minimum absolute atomic E-state index is 0.0515. The normalized spacial score (nSPS) is 14.6. The van der Waals surface area contributed by atoms with Crippen LogP contribution in [0.25, 0.3) is 0 Å². The number of aromatic nitrogens is 2. The average molecular weight is 563 g/mol. The molecule has 3 rings (SSSR count). The standard InChI is InChI=1S/C22H29F3N6O4S2/c1-5-6-7-10-31-11-8-9-14-12-15(16(13-17(14)31)30-37(33,34)22(23,24)25)26-28-20-29-27-18(36-20)19(32)35-21(2,3)4/h12-13,30H,5-11H2,1-4H3. The third-order valence-electron chi connectivity index (χ3n) is 5.22. The number of carbonyl (C=O) groups is 1. The van der Waals surface area contributed by atoms with Crippen LogP contribution in [0.1, 0.15) is 68.7 Å². The number of ether oxygens (including phenoxy) is 1. The van der Waals surface area contributed by atoms with Crippen molar-refractivity contribution in [2.75, 3.05) is 22.7 Å². The first-order chi connectivity index (χ1) is 17.2. The molecule has 1 aromatic heterocycles. The van der Waals surface area contributed by atoms with Crippen molar-refractivity contribution in [1.29, 1.82) is 0 Å². The molecule has 1 aliphatic rings. The Bertz CT molecular complexity index is 1260. The van der Waals surface area contributed by atoms with Crippen molar-refractivity contribution in [2.45, 2.75) is 70.9 Å². The van der Waals surface area contributed by atoms with Gasteiger partial charge in [-0.2, -0.15) is 21.6 Å². The number of nitrogens with zero attached hydrogens (tertiary/aromatic N) is 5. The van der Waals surface area contributed by atoms with Gasteiger partial charge in [-0.05, 0) is 57.7 Å². The number of fused-ring (bicyclic) bond motifs is 1. The predicted octanol–water partition coefficient (Wildman–Crippen LogP) is 6.11. The molecule has 0 unspecified atom stereocenters. The number of hydrogen-bond acceptors (Lipinski definition) is 10. The van der Waals surface area contributed by atoms with Gasteiger partial charge >= 0.3 is 21.5 Å². The summed E-state index contributed by atoms with van der Waals surface area (Å²) >= 11 is 0.780. The third-order valence-corrected chi connectivity index (χ3v) is 7.11. The van der Waals surface area contributed by atoms with Gasteiger partial charge in [0.2, 0.25) is 5.01 Å². The van der Waals surface area contributed by atoms with E-state index in [0.717, 1.165) is 42.6 Å². The summed E-state index contributed by atoms with van der Waals surface area (Å²) in [5, 5.41) is 15.2. The second-order valence-corrected chi connectivity index (χ2v) is 12.1. The highest BCUT2D eigenvalue weighted by Crippen LogP contribution is 2.39. The summed E-state index contributed by atoms with van der Waals surface area (Å²) in [5.74, 6) is -0.706. The number of nitrogens with one attached hydrogen (secondary N) is 1. The zero-order chi connectivity index (χ0) is 27.4. The number of sulfonamides is 1. The molecule has 0 atom stereocenters. The van der Waals surface area contributed by atoms with Crippen molar-refractivity contribution in [3.63, 3.8) is 0 Å². The van der Waals surface area contributed by atoms with Gasteiger partial charge in [-0.25, -0.2) is 4.79 Å². The van der Waals surface area contributed by atoms with Crippen LogP contribution in [-0.4, -0.2) is 48.8 Å². The fraction of sp³-hybridized carbons (Fsp3) is 0.591. The smallest absolute Gasteiger partial charge is 0.455 e. The summed E-state index contributed by atoms with van der Waals surface area (Å²) < 4.78 is 70.1. The zero-order valence-electron chi connectivity index (χ0n) is 20.9. The predicted molar refractivity (Wildman–Crippen MR) is 134 cm³/mol. The van der Waals surface area contributed by atoms with E-state index >= 15 is 0 Å². The highest BCUT2D eigenvalue weighted by molar-refractivity contribution is 7.93. The summed E-state index contributed by atoms with van der Waals surface area (Å²) in [6.45, 7) is 8.55. The van der Waals surface area contributed by atoms with Crippen LogP contribution in [0, 0.1) is 0 Å². The number of halogens is 3. The number of aryl methyl sites for hydroxylation is 1. The van der Waals surface area contributed by atoms with Gasteiger partial charge in [0, 0.05) is 18.8 Å². The van der Waals surface area contributed by atoms with E-state index in [9.17, 15) is 26.4 Å². The number of unbranched alkanes of at least 4 members (excludes halogenated alkanes) is 2. The van der Waals surface area contributed by atoms with E-state index in [1.807, 2.05) is 4.90 Å². The molecule has 2 heterocycles. The van der Waals surface area contributed by atoms with Gasteiger partial charge in [0.25, 0.3) is 5.13 Å². The second kappa shape index (κ2) is 11.3. The van der Waals surface area contributed by atoms with Crippen molar-refractivity contribution in [1.82, 2.24) is 10.2 Å². The second-order valence-electron chi connectivity index (χ2n) is 9.44. The summed E-state index contributed by atoms with van der Waals surface area (Å²) in [7, 11) is -5.70. The van der Waals surface area contributed by atoms with Crippen LogP contribution in [0.15, 0.2) is 22.4 Å². The van der Waals surface area contributed by atoms with Crippen LogP contribution in [0.3, 0.4) is 0 Å². The topological polar surface area (TPSA) is 126 Å². The Kier molecular flexibility index (Phi) is 8.78. The van der Waals surface area contributed by atoms with Gasteiger partial charge in [-0.3, -0.25) is 4.72 Å². The molecular weight excluding hydrogens is 533 g/mol. The number of alkyl halides is 3. The van der Waals surface area contributed by atoms with E-state index in [1.54, 1.807) is 25.5 Å². The van der Waals surface area contributed by atoms with Crippen molar-refractivity contribution >= 4 is 49.5 Å². The van der Waals surface area contributed by atoms with Gasteiger partial charge in [0.15, 0.2) is 0 Å². The molecule has 1 aliphatic heterocycles. The van der Waals surface area contributed by atoms with E-state index < -0.39 is 27.1 Å². The van der Waals surface area contributed by atoms with Crippen LogP contribution in [-0.2, 0) is 21.2 Å². The lowest BCUT2D eigenvalue weighted by molar-refractivity contribution is -0.0429. The van der Waals surface area contributed by atoms with Gasteiger partial charge < -0.3 is 9.64 Å². The average Bonchev–Trinajstić information content (AvgIpc) is 3.25. The zero-order valence-corrected chi connectivity index (χ0v) is 22.6. The van der Waals surface area contributed by atoms with Gasteiger partial charge in [0.1, 0.15) is 11.3 Å². The Labute approximate surface area is 217 Å². The molecule has 1 aromatic carbocycles. The van der Waals surface area contributed by atoms with Gasteiger partial charge in [-0.1, -0.05) is 31.1 Å². The lowest BCUT2D eigenvalue weighted by Crippen LogP contribution is -2.32. The Morgan fingerprint density at radius 2 is 1.92 bits per heavy atom. The number of rotatable bonds is 9. The van der Waals surface area contributed by atoms with Crippen LogP contribution in [0.2, 0.25) is 0 Å². The highest BCUT2D eigenvalue weighted by Gasteiger charge is 2.46. The van der Waals surface area contributed by atoms with E-state index in [0.29, 0.717) is 25.2 Å². The Morgan fingerprint density at radius 3 is 2.57 bits per heavy atom. The molecule has 2 aromatic rings. The molecule has 0 spiro atoms. The molecular formula is C22H29F3N6O4S2. The molecule has 10 nitrogen and oxygen atoms in total. The number of esters is 1. The van der Waals surface area contributed by atoms with Crippen molar-refractivity contribution < 1.29 is 31.1 Å². The molecule has 0 saturated heterocycles. The lowest BCUT2D eigenvalue weighted by Gasteiger charge is -2.32. The summed E-state index contributed by atoms with van der Waals surface area (Å²) in [6, 6.07) is 2.89. The third kappa shape index (κ3) is 7.60. The van der Waals surface area contributed by atoms with Crippen LogP contribution in [0.5, 0.6) is 0 Å². The number of carbonyl (C=O) groups excluding carboxylic acids is 1. The molecule has 0 saturated carbocycles. The van der Waals surface area contributed by atoms with E-state index in [1.165, 1.54) is 12.1 Å². The summed E-state index contributed by atoms with van der Waals surface area (Å²) in [4.78, 5) is 14.2. The maximum atomic E-state index is 13.1. The van der Waals surface area contributed by atoms with E-state index in [4.69, 9.17) is 4.74 Å². The monoisotopic (exact) mass is 562 g/mol. The fourth-order valence-corrected chi connectivity index (χ4v) is 4.72. The van der Waals surface area contributed by atoms with Crippen molar-refractivity contribution in [3.8, 4) is 0 Å². The van der Waals surface area contributed by atoms with E-state index in [-0.39, 0.29) is 21.5 Å². The first-order valence-corrected chi connectivity index (χ1v) is 14.0. The number of azo groups is 1. The van der Waals surface area contributed by atoms with Crippen molar-refractivity contribution in [3.05, 3.63) is 22.7 Å². The maximum absolute atomic E-state index is 13.1. The number of benzene rings is 1. The maximum Gasteiger partial charge on any atom is 0.516 e. The minimum atomic E-state index is -5.70. The van der Waals surface area contributed by atoms with E-state index in [2.05, 4.69) is 27.3 Å². The number of hydrogen-bond donors (Lipinski definition) is 1. The van der Waals surface area contributed by atoms with Crippen LogP contribution >= 0.6 is 11.3 Å². The number of anilines is 2. The van der Waals surface area contributed by atoms with Gasteiger partial charge in [-0.15, -0.1) is 20.4 Å².